The topological polar surface area (TPSA) is 92.5 Å². The molecule has 1 aromatic heterocycles. The van der Waals surface area contributed by atoms with Crippen LogP contribution in [0, 0.1) is 0 Å². The lowest BCUT2D eigenvalue weighted by Gasteiger charge is -2.15. The second-order valence-electron chi connectivity index (χ2n) is 4.85. The zero-order chi connectivity index (χ0) is 15.2. The van der Waals surface area contributed by atoms with Gasteiger partial charge < -0.3 is 5.11 Å². The molecule has 110 valence electrons. The highest BCUT2D eigenvalue weighted by atomic mass is 32.2. The Morgan fingerprint density at radius 1 is 1.24 bits per heavy atom. The van der Waals surface area contributed by atoms with Crippen LogP contribution >= 0.6 is 0 Å². The van der Waals surface area contributed by atoms with Crippen LogP contribution in [0.2, 0.25) is 0 Å². The second-order valence-corrected chi connectivity index (χ2v) is 6.74. The molecule has 3 rings (SSSR count). The van der Waals surface area contributed by atoms with Crippen LogP contribution in [0.4, 0.5) is 0 Å². The maximum absolute atomic E-state index is 12.6. The third-order valence-electron chi connectivity index (χ3n) is 3.53. The highest BCUT2D eigenvalue weighted by Gasteiger charge is 2.32. The van der Waals surface area contributed by atoms with Crippen LogP contribution in [0.15, 0.2) is 35.5 Å². The SMILES string of the molecule is Cn1nccc1S(=O)(=O)N1Cc2ccc(C(=O)O)cc2C1. The van der Waals surface area contributed by atoms with Gasteiger partial charge in [0.15, 0.2) is 5.03 Å². The van der Waals surface area contributed by atoms with E-state index < -0.39 is 16.0 Å². The van der Waals surface area contributed by atoms with Crippen LogP contribution in [0.5, 0.6) is 0 Å². The maximum atomic E-state index is 12.6. The number of hydrogen-bond donors (Lipinski definition) is 1. The normalized spacial score (nSPS) is 15.1. The van der Waals surface area contributed by atoms with Gasteiger partial charge in [0.2, 0.25) is 0 Å². The highest BCUT2D eigenvalue weighted by Crippen LogP contribution is 2.29. The Hall–Kier alpha value is -2.19. The molecule has 21 heavy (non-hydrogen) atoms. The van der Waals surface area contributed by atoms with Crippen LogP contribution in [0.3, 0.4) is 0 Å². The molecule has 1 N–H and O–H groups in total. The van der Waals surface area contributed by atoms with Crippen molar-refractivity contribution in [1.82, 2.24) is 14.1 Å². The molecule has 1 aliphatic rings. The van der Waals surface area contributed by atoms with Crippen LogP contribution < -0.4 is 0 Å². The van der Waals surface area contributed by atoms with E-state index in [9.17, 15) is 13.2 Å². The molecule has 2 heterocycles. The molecule has 0 saturated heterocycles. The Balaban J connectivity index is 1.95. The number of aromatic carboxylic acids is 1. The summed E-state index contributed by atoms with van der Waals surface area (Å²) in [4.78, 5) is 11.0. The molecule has 1 aliphatic heterocycles. The number of aryl methyl sites for hydroxylation is 1. The van der Waals surface area contributed by atoms with Gasteiger partial charge in [-0.1, -0.05) is 6.07 Å². The van der Waals surface area contributed by atoms with Gasteiger partial charge in [-0.15, -0.1) is 0 Å². The maximum Gasteiger partial charge on any atom is 0.335 e. The van der Waals surface area contributed by atoms with E-state index in [4.69, 9.17) is 5.11 Å². The van der Waals surface area contributed by atoms with Crippen molar-refractivity contribution >= 4 is 16.0 Å². The van der Waals surface area contributed by atoms with Crippen LogP contribution in [-0.4, -0.2) is 33.6 Å². The van der Waals surface area contributed by atoms with Crippen LogP contribution in [-0.2, 0) is 30.2 Å². The van der Waals surface area contributed by atoms with E-state index in [1.54, 1.807) is 13.1 Å². The van der Waals surface area contributed by atoms with Gasteiger partial charge in [-0.2, -0.15) is 9.40 Å². The molecular weight excluding hydrogens is 294 g/mol. The average molecular weight is 307 g/mol. The van der Waals surface area contributed by atoms with Gasteiger partial charge in [0, 0.05) is 20.1 Å². The van der Waals surface area contributed by atoms with Crippen molar-refractivity contribution in [3.63, 3.8) is 0 Å². The van der Waals surface area contributed by atoms with Crippen LogP contribution in [0.25, 0.3) is 0 Å². The van der Waals surface area contributed by atoms with Gasteiger partial charge in [-0.05, 0) is 29.3 Å². The first-order valence-electron chi connectivity index (χ1n) is 6.23. The third kappa shape index (κ3) is 2.22. The van der Waals surface area contributed by atoms with Crippen molar-refractivity contribution in [2.24, 2.45) is 7.05 Å². The Bertz CT molecular complexity index is 826. The molecule has 0 bridgehead atoms. The van der Waals surface area contributed by atoms with Crippen LogP contribution in [0.1, 0.15) is 21.5 Å². The monoisotopic (exact) mass is 307 g/mol. The van der Waals surface area contributed by atoms with Crippen molar-refractivity contribution in [2.75, 3.05) is 0 Å². The number of carboxylic acid groups (broad SMARTS) is 1. The summed E-state index contributed by atoms with van der Waals surface area (Å²) >= 11 is 0. The number of benzene rings is 1. The zero-order valence-corrected chi connectivity index (χ0v) is 12.0. The minimum atomic E-state index is -3.64. The molecule has 8 heteroatoms. The van der Waals surface area contributed by atoms with Gasteiger partial charge in [-0.25, -0.2) is 13.2 Å². The molecule has 0 atom stereocenters. The molecule has 0 amide bonds. The summed E-state index contributed by atoms with van der Waals surface area (Å²) in [5.41, 5.74) is 1.71. The summed E-state index contributed by atoms with van der Waals surface area (Å²) in [6, 6.07) is 6.12. The first-order chi connectivity index (χ1) is 9.89. The molecule has 0 fully saturated rings. The van der Waals surface area contributed by atoms with Crippen molar-refractivity contribution in [3.8, 4) is 0 Å². The molecule has 0 radical (unpaired) electrons. The first-order valence-corrected chi connectivity index (χ1v) is 7.67. The third-order valence-corrected chi connectivity index (χ3v) is 5.39. The molecule has 7 nitrogen and oxygen atoms in total. The predicted molar refractivity (Wildman–Crippen MR) is 73.0 cm³/mol. The lowest BCUT2D eigenvalue weighted by atomic mass is 10.1. The number of carboxylic acids is 1. The van der Waals surface area contributed by atoms with E-state index >= 15 is 0 Å². The highest BCUT2D eigenvalue weighted by molar-refractivity contribution is 7.89. The number of sulfonamides is 1. The van der Waals surface area contributed by atoms with E-state index in [2.05, 4.69) is 5.10 Å². The van der Waals surface area contributed by atoms with E-state index in [1.165, 1.54) is 33.4 Å². The standard InChI is InChI=1S/C13H13N3O4S/c1-15-12(4-5-14-15)21(19,20)16-7-10-3-2-9(13(17)18)6-11(10)8-16/h2-6H,7-8H2,1H3,(H,17,18). The minimum absolute atomic E-state index is 0.119. The minimum Gasteiger partial charge on any atom is -0.478 e. The molecular formula is C13H13N3O4S. The van der Waals surface area contributed by atoms with Gasteiger partial charge >= 0.3 is 5.97 Å². The van der Waals surface area contributed by atoms with Gasteiger partial charge in [0.25, 0.3) is 10.0 Å². The Morgan fingerprint density at radius 3 is 2.57 bits per heavy atom. The van der Waals surface area contributed by atoms with Crippen molar-refractivity contribution < 1.29 is 18.3 Å². The predicted octanol–water partition coefficient (Wildman–Crippen LogP) is 0.823. The van der Waals surface area contributed by atoms with Crippen molar-refractivity contribution in [1.29, 1.82) is 0 Å². The van der Waals surface area contributed by atoms with Gasteiger partial charge in [-0.3, -0.25) is 4.68 Å². The summed E-state index contributed by atoms with van der Waals surface area (Å²) in [5.74, 6) is -1.02. The zero-order valence-electron chi connectivity index (χ0n) is 11.2. The van der Waals surface area contributed by atoms with E-state index in [-0.39, 0.29) is 23.7 Å². The molecule has 0 spiro atoms. The molecule has 1 aromatic carbocycles. The number of fused-ring (bicyclic) bond motifs is 1. The largest absolute Gasteiger partial charge is 0.478 e. The first kappa shape index (κ1) is 13.8. The fourth-order valence-corrected chi connectivity index (χ4v) is 3.91. The van der Waals surface area contributed by atoms with Crippen molar-refractivity contribution in [2.45, 2.75) is 18.1 Å². The van der Waals surface area contributed by atoms with Gasteiger partial charge in [0.05, 0.1) is 11.8 Å². The quantitative estimate of drug-likeness (QED) is 0.906. The van der Waals surface area contributed by atoms with Gasteiger partial charge in [0.1, 0.15) is 0 Å². The lowest BCUT2D eigenvalue weighted by molar-refractivity contribution is 0.0696. The summed E-state index contributed by atoms with van der Waals surface area (Å²) in [6.45, 7) is 0.409. The second kappa shape index (κ2) is 4.68. The average Bonchev–Trinajstić information content (AvgIpc) is 3.03. The summed E-state index contributed by atoms with van der Waals surface area (Å²) in [5, 5.41) is 13.0. The van der Waals surface area contributed by atoms with E-state index in [0.29, 0.717) is 0 Å². The Labute approximate surface area is 121 Å². The molecule has 0 aliphatic carbocycles. The summed E-state index contributed by atoms with van der Waals surface area (Å²) in [7, 11) is -2.07. The fourth-order valence-electron chi connectivity index (χ4n) is 2.41. The molecule has 0 unspecified atom stereocenters. The number of carbonyl (C=O) groups is 1. The van der Waals surface area contributed by atoms with E-state index in [1.807, 2.05) is 0 Å². The summed E-state index contributed by atoms with van der Waals surface area (Å²) in [6.07, 6.45) is 1.43. The Kier molecular flexibility index (Phi) is 3.07. The number of rotatable bonds is 3. The van der Waals surface area contributed by atoms with E-state index in [0.717, 1.165) is 11.1 Å². The number of aromatic nitrogens is 2. The summed E-state index contributed by atoms with van der Waals surface area (Å²) < 4.78 is 27.7. The molecule has 0 saturated carbocycles. The number of hydrogen-bond acceptors (Lipinski definition) is 4. The van der Waals surface area contributed by atoms with Crippen molar-refractivity contribution in [3.05, 3.63) is 47.2 Å². The molecule has 2 aromatic rings. The fraction of sp³-hybridized carbons (Fsp3) is 0.231. The lowest BCUT2D eigenvalue weighted by Crippen LogP contribution is -2.27. The smallest absolute Gasteiger partial charge is 0.335 e. The number of nitrogens with zero attached hydrogens (tertiary/aromatic N) is 3. The Morgan fingerprint density at radius 2 is 1.95 bits per heavy atom.